The van der Waals surface area contributed by atoms with Gasteiger partial charge in [0, 0.05) is 47.5 Å². The molecule has 148 valence electrons. The van der Waals surface area contributed by atoms with E-state index in [2.05, 4.69) is 32.9 Å². The van der Waals surface area contributed by atoms with Crippen molar-refractivity contribution >= 4 is 17.0 Å². The van der Waals surface area contributed by atoms with E-state index in [0.717, 1.165) is 68.4 Å². The summed E-state index contributed by atoms with van der Waals surface area (Å²) in [6.07, 6.45) is 3.36. The molecule has 1 saturated heterocycles. The lowest BCUT2D eigenvalue weighted by atomic mass is 10.1. The van der Waals surface area contributed by atoms with E-state index in [-0.39, 0.29) is 0 Å². The summed E-state index contributed by atoms with van der Waals surface area (Å²) in [5, 5.41) is 3.47. The first-order valence-electron chi connectivity index (χ1n) is 9.69. The molecule has 1 aliphatic rings. The Kier molecular flexibility index (Phi) is 7.06. The van der Waals surface area contributed by atoms with Crippen molar-refractivity contribution in [2.24, 2.45) is 12.0 Å². The number of benzene rings is 1. The second-order valence-electron chi connectivity index (χ2n) is 6.88. The van der Waals surface area contributed by atoms with Gasteiger partial charge in [-0.3, -0.25) is 4.99 Å². The van der Waals surface area contributed by atoms with Crippen LogP contribution >= 0.6 is 0 Å². The molecule has 0 saturated carbocycles. The summed E-state index contributed by atoms with van der Waals surface area (Å²) in [6.45, 7) is 4.11. The number of aromatic nitrogens is 2. The zero-order valence-corrected chi connectivity index (χ0v) is 16.6. The summed E-state index contributed by atoms with van der Waals surface area (Å²) in [6, 6.07) is 8.21. The highest BCUT2D eigenvalue weighted by atomic mass is 16.5. The molecule has 0 unspecified atom stereocenters. The maximum atomic E-state index is 5.95. The number of nitrogens with one attached hydrogen (secondary N) is 1. The van der Waals surface area contributed by atoms with E-state index in [1.54, 1.807) is 7.11 Å². The van der Waals surface area contributed by atoms with E-state index in [9.17, 15) is 0 Å². The number of para-hydroxylation sites is 2. The van der Waals surface area contributed by atoms with Crippen molar-refractivity contribution in [1.29, 1.82) is 0 Å². The lowest BCUT2D eigenvalue weighted by Crippen LogP contribution is -2.47. The minimum Gasteiger partial charge on any atom is -0.385 e. The first-order valence-corrected chi connectivity index (χ1v) is 9.69. The zero-order chi connectivity index (χ0) is 19.1. The van der Waals surface area contributed by atoms with Crippen LogP contribution in [0.25, 0.3) is 11.0 Å². The third-order valence-corrected chi connectivity index (χ3v) is 5.08. The third-order valence-electron chi connectivity index (χ3n) is 5.08. The Labute approximate surface area is 161 Å². The summed E-state index contributed by atoms with van der Waals surface area (Å²) in [4.78, 5) is 11.5. The summed E-state index contributed by atoms with van der Waals surface area (Å²) < 4.78 is 13.1. The highest BCUT2D eigenvalue weighted by Crippen LogP contribution is 2.16. The monoisotopic (exact) mass is 373 g/mol. The standard InChI is InChI=1S/C20H31N5O2/c1-21-20(25-11-9-16(10-12-25)27-14-6-13-26-3)22-15-19-23-17-7-4-5-8-18(17)24(19)2/h4-5,7-8,16H,6,9-15H2,1-3H3,(H,21,22). The van der Waals surface area contributed by atoms with E-state index in [1.165, 1.54) is 0 Å². The van der Waals surface area contributed by atoms with Crippen LogP contribution in [0.5, 0.6) is 0 Å². The normalized spacial score (nSPS) is 16.3. The third kappa shape index (κ3) is 4.99. The van der Waals surface area contributed by atoms with Crippen molar-refractivity contribution in [3.8, 4) is 0 Å². The first kappa shape index (κ1) is 19.6. The van der Waals surface area contributed by atoms with Gasteiger partial charge in [-0.15, -0.1) is 0 Å². The Balaban J connectivity index is 1.49. The van der Waals surface area contributed by atoms with Crippen molar-refractivity contribution in [3.05, 3.63) is 30.1 Å². The molecular formula is C20H31N5O2. The van der Waals surface area contributed by atoms with Crippen molar-refractivity contribution in [2.75, 3.05) is 40.5 Å². The van der Waals surface area contributed by atoms with E-state index in [1.807, 2.05) is 25.2 Å². The van der Waals surface area contributed by atoms with E-state index in [0.29, 0.717) is 12.6 Å². The highest BCUT2D eigenvalue weighted by molar-refractivity contribution is 5.80. The number of fused-ring (bicyclic) bond motifs is 1. The Hall–Kier alpha value is -2.12. The fourth-order valence-electron chi connectivity index (χ4n) is 3.53. The van der Waals surface area contributed by atoms with Crippen LogP contribution in [0.2, 0.25) is 0 Å². The maximum Gasteiger partial charge on any atom is 0.194 e. The van der Waals surface area contributed by atoms with Gasteiger partial charge in [-0.1, -0.05) is 12.1 Å². The fourth-order valence-corrected chi connectivity index (χ4v) is 3.53. The number of aliphatic imine (C=N–C) groups is 1. The maximum absolute atomic E-state index is 5.95. The van der Waals surface area contributed by atoms with Crippen molar-refractivity contribution in [2.45, 2.75) is 31.9 Å². The molecule has 0 atom stereocenters. The summed E-state index contributed by atoms with van der Waals surface area (Å²) in [5.41, 5.74) is 2.17. The van der Waals surface area contributed by atoms with Crippen LogP contribution in [-0.2, 0) is 23.1 Å². The molecule has 0 amide bonds. The summed E-state index contributed by atoms with van der Waals surface area (Å²) >= 11 is 0. The van der Waals surface area contributed by atoms with Gasteiger partial charge in [-0.2, -0.15) is 0 Å². The topological polar surface area (TPSA) is 63.9 Å². The molecule has 1 aliphatic heterocycles. The first-order chi connectivity index (χ1) is 13.2. The minimum absolute atomic E-state index is 0.344. The lowest BCUT2D eigenvalue weighted by Gasteiger charge is -2.34. The average Bonchev–Trinajstić information content (AvgIpc) is 3.03. The van der Waals surface area contributed by atoms with Crippen LogP contribution in [0, 0.1) is 0 Å². The van der Waals surface area contributed by atoms with Gasteiger partial charge in [-0.25, -0.2) is 4.98 Å². The van der Waals surface area contributed by atoms with Crippen LogP contribution in [0.15, 0.2) is 29.3 Å². The molecule has 0 spiro atoms. The molecule has 27 heavy (non-hydrogen) atoms. The van der Waals surface area contributed by atoms with Gasteiger partial charge < -0.3 is 24.3 Å². The molecule has 2 heterocycles. The van der Waals surface area contributed by atoms with Gasteiger partial charge in [0.2, 0.25) is 0 Å². The number of hydrogen-bond acceptors (Lipinski definition) is 4. The Morgan fingerprint density at radius 1 is 1.26 bits per heavy atom. The molecule has 7 heteroatoms. The molecule has 1 aromatic heterocycles. The molecule has 1 aromatic carbocycles. The molecule has 0 aliphatic carbocycles. The second kappa shape index (κ2) is 9.71. The number of nitrogens with zero attached hydrogens (tertiary/aromatic N) is 4. The predicted molar refractivity (Wildman–Crippen MR) is 108 cm³/mol. The van der Waals surface area contributed by atoms with Gasteiger partial charge in [0.25, 0.3) is 0 Å². The number of piperidine rings is 1. The largest absolute Gasteiger partial charge is 0.385 e. The smallest absolute Gasteiger partial charge is 0.194 e. The van der Waals surface area contributed by atoms with Gasteiger partial charge >= 0.3 is 0 Å². The fraction of sp³-hybridized carbons (Fsp3) is 0.600. The Bertz CT molecular complexity index is 750. The van der Waals surface area contributed by atoms with Crippen molar-refractivity contribution in [3.63, 3.8) is 0 Å². The predicted octanol–water partition coefficient (Wildman–Crippen LogP) is 2.17. The molecule has 1 N–H and O–H groups in total. The SMILES string of the molecule is CN=C(NCc1nc2ccccc2n1C)N1CCC(OCCCOC)CC1. The molecule has 0 radical (unpaired) electrons. The molecule has 7 nitrogen and oxygen atoms in total. The number of guanidine groups is 1. The van der Waals surface area contributed by atoms with Crippen molar-refractivity contribution < 1.29 is 9.47 Å². The summed E-state index contributed by atoms with van der Waals surface area (Å²) in [5.74, 6) is 1.94. The molecule has 0 bridgehead atoms. The second-order valence-corrected chi connectivity index (χ2v) is 6.88. The molecule has 3 rings (SSSR count). The zero-order valence-electron chi connectivity index (χ0n) is 16.6. The molecule has 2 aromatic rings. The molecule has 1 fully saturated rings. The number of likely N-dealkylation sites (tertiary alicyclic amines) is 1. The summed E-state index contributed by atoms with van der Waals surface area (Å²) in [7, 11) is 5.62. The van der Waals surface area contributed by atoms with Crippen LogP contribution < -0.4 is 5.32 Å². The quantitative estimate of drug-likeness (QED) is 0.458. The van der Waals surface area contributed by atoms with Crippen molar-refractivity contribution in [1.82, 2.24) is 19.8 Å². The lowest BCUT2D eigenvalue weighted by molar-refractivity contribution is 0.00989. The van der Waals surface area contributed by atoms with E-state index in [4.69, 9.17) is 14.5 Å². The molecular weight excluding hydrogens is 342 g/mol. The van der Waals surface area contributed by atoms with E-state index < -0.39 is 0 Å². The number of imidazole rings is 1. The number of aryl methyl sites for hydroxylation is 1. The van der Waals surface area contributed by atoms with Gasteiger partial charge in [0.05, 0.1) is 23.7 Å². The van der Waals surface area contributed by atoms with Crippen LogP contribution in [0.3, 0.4) is 0 Å². The van der Waals surface area contributed by atoms with Crippen LogP contribution in [0.1, 0.15) is 25.1 Å². The minimum atomic E-state index is 0.344. The van der Waals surface area contributed by atoms with Gasteiger partial charge in [0.15, 0.2) is 5.96 Å². The number of rotatable bonds is 7. The Morgan fingerprint density at radius 3 is 2.74 bits per heavy atom. The van der Waals surface area contributed by atoms with Crippen LogP contribution in [0.4, 0.5) is 0 Å². The highest BCUT2D eigenvalue weighted by Gasteiger charge is 2.22. The van der Waals surface area contributed by atoms with Gasteiger partial charge in [-0.05, 0) is 31.4 Å². The number of hydrogen-bond donors (Lipinski definition) is 1. The average molecular weight is 374 g/mol. The Morgan fingerprint density at radius 2 is 2.04 bits per heavy atom. The van der Waals surface area contributed by atoms with Crippen LogP contribution in [-0.4, -0.2) is 67.0 Å². The van der Waals surface area contributed by atoms with Gasteiger partial charge in [0.1, 0.15) is 5.82 Å². The van der Waals surface area contributed by atoms with E-state index >= 15 is 0 Å². The number of ether oxygens (including phenoxy) is 2. The number of methoxy groups -OCH3 is 1.